The number of rotatable bonds is 6. The third-order valence-electron chi connectivity index (χ3n) is 4.38. The number of aliphatic imine (C=N–C) groups is 1. The van der Waals surface area contributed by atoms with Crippen molar-refractivity contribution in [1.29, 1.82) is 0 Å². The van der Waals surface area contributed by atoms with Gasteiger partial charge < -0.3 is 4.74 Å². The predicted octanol–water partition coefficient (Wildman–Crippen LogP) is 6.32. The molecule has 152 valence electrons. The lowest BCUT2D eigenvalue weighted by Gasteiger charge is -2.08. The van der Waals surface area contributed by atoms with Gasteiger partial charge in [-0.05, 0) is 66.9 Å². The number of nitro groups is 2. The topological polar surface area (TPSA) is 108 Å². The van der Waals surface area contributed by atoms with E-state index in [1.807, 2.05) is 32.0 Å². The van der Waals surface area contributed by atoms with Crippen LogP contribution in [0, 0.1) is 34.1 Å². The van der Waals surface area contributed by atoms with Crippen LogP contribution in [0.15, 0.2) is 59.6 Å². The monoisotopic (exact) mass is 425 g/mol. The lowest BCUT2D eigenvalue weighted by Crippen LogP contribution is -1.96. The van der Waals surface area contributed by atoms with E-state index in [1.54, 1.807) is 24.4 Å². The van der Waals surface area contributed by atoms with E-state index in [0.29, 0.717) is 5.56 Å². The lowest BCUT2D eigenvalue weighted by molar-refractivity contribution is -0.394. The zero-order chi connectivity index (χ0) is 21.8. The smallest absolute Gasteiger partial charge is 0.318 e. The summed E-state index contributed by atoms with van der Waals surface area (Å²) in [6.07, 6.45) is 1.65. The van der Waals surface area contributed by atoms with Crippen LogP contribution in [0.1, 0.15) is 16.7 Å². The number of nitrogens with zero attached hydrogens (tertiary/aromatic N) is 3. The van der Waals surface area contributed by atoms with Gasteiger partial charge in [0.25, 0.3) is 5.69 Å². The summed E-state index contributed by atoms with van der Waals surface area (Å²) in [7, 11) is 0. The normalized spacial score (nSPS) is 10.9. The number of benzene rings is 3. The first-order chi connectivity index (χ1) is 14.2. The van der Waals surface area contributed by atoms with Crippen LogP contribution in [-0.4, -0.2) is 16.1 Å². The van der Waals surface area contributed by atoms with Crippen molar-refractivity contribution in [1.82, 2.24) is 0 Å². The first-order valence-corrected chi connectivity index (χ1v) is 9.14. The summed E-state index contributed by atoms with van der Waals surface area (Å²) in [4.78, 5) is 25.0. The maximum atomic E-state index is 11.2. The van der Waals surface area contributed by atoms with Gasteiger partial charge in [-0.25, -0.2) is 0 Å². The van der Waals surface area contributed by atoms with Crippen LogP contribution < -0.4 is 4.74 Å². The SMILES string of the molecule is Cc1ccc(N=Cc2ccc(Oc3ccc([N+](=O)[O-])cc3[N+](=O)[O-])c(Cl)c2)cc1C. The Morgan fingerprint density at radius 1 is 0.900 bits per heavy atom. The van der Waals surface area contributed by atoms with Crippen molar-refractivity contribution in [2.75, 3.05) is 0 Å². The summed E-state index contributed by atoms with van der Waals surface area (Å²) in [5, 5.41) is 22.3. The summed E-state index contributed by atoms with van der Waals surface area (Å²) < 4.78 is 5.54. The van der Waals surface area contributed by atoms with Crippen LogP contribution in [0.4, 0.5) is 17.1 Å². The van der Waals surface area contributed by atoms with E-state index in [1.165, 1.54) is 11.6 Å². The van der Waals surface area contributed by atoms with Crippen LogP contribution in [0.2, 0.25) is 5.02 Å². The van der Waals surface area contributed by atoms with Crippen LogP contribution in [-0.2, 0) is 0 Å². The molecule has 0 fully saturated rings. The average molecular weight is 426 g/mol. The number of non-ortho nitro benzene ring substituents is 1. The molecule has 0 bridgehead atoms. The number of hydrogen-bond acceptors (Lipinski definition) is 6. The fraction of sp³-hybridized carbons (Fsp3) is 0.0952. The molecule has 3 aromatic carbocycles. The summed E-state index contributed by atoms with van der Waals surface area (Å²) in [5.74, 6) is 0.0287. The molecule has 9 heteroatoms. The number of halogens is 1. The molecule has 0 spiro atoms. The van der Waals surface area contributed by atoms with Gasteiger partial charge in [0, 0.05) is 12.3 Å². The second-order valence-electron chi connectivity index (χ2n) is 6.48. The van der Waals surface area contributed by atoms with Crippen molar-refractivity contribution in [2.45, 2.75) is 13.8 Å². The largest absolute Gasteiger partial charge is 0.449 e. The van der Waals surface area contributed by atoms with Gasteiger partial charge in [0.05, 0.1) is 26.6 Å². The zero-order valence-electron chi connectivity index (χ0n) is 16.0. The Kier molecular flexibility index (Phi) is 6.08. The number of hydrogen-bond donors (Lipinski definition) is 0. The standard InChI is InChI=1S/C21H16ClN3O5/c1-13-3-5-16(9-14(13)2)23-12-15-4-7-20(18(22)10-15)30-21-8-6-17(24(26)27)11-19(21)25(28)29/h3-12H,1-2H3. The Morgan fingerprint density at radius 3 is 2.27 bits per heavy atom. The molecule has 0 aromatic heterocycles. The minimum atomic E-state index is -0.749. The maximum absolute atomic E-state index is 11.2. The Labute approximate surface area is 176 Å². The average Bonchev–Trinajstić information content (AvgIpc) is 2.70. The molecule has 0 unspecified atom stereocenters. The molecule has 30 heavy (non-hydrogen) atoms. The van der Waals surface area contributed by atoms with Gasteiger partial charge >= 0.3 is 5.69 Å². The van der Waals surface area contributed by atoms with Gasteiger partial charge in [0.1, 0.15) is 5.75 Å². The van der Waals surface area contributed by atoms with Gasteiger partial charge in [-0.15, -0.1) is 0 Å². The lowest BCUT2D eigenvalue weighted by atomic mass is 10.1. The van der Waals surface area contributed by atoms with Crippen LogP contribution in [0.5, 0.6) is 11.5 Å². The Bertz CT molecular complexity index is 1180. The maximum Gasteiger partial charge on any atom is 0.318 e. The molecular formula is C21H16ClN3O5. The van der Waals surface area contributed by atoms with E-state index < -0.39 is 21.2 Å². The minimum absolute atomic E-state index is 0.149. The van der Waals surface area contributed by atoms with Gasteiger partial charge in [-0.3, -0.25) is 25.2 Å². The molecule has 0 N–H and O–H groups in total. The van der Waals surface area contributed by atoms with Crippen molar-refractivity contribution in [2.24, 2.45) is 4.99 Å². The molecule has 0 heterocycles. The molecule has 0 aliphatic carbocycles. The van der Waals surface area contributed by atoms with E-state index in [9.17, 15) is 20.2 Å². The quantitative estimate of drug-likeness (QED) is 0.261. The van der Waals surface area contributed by atoms with E-state index in [-0.39, 0.29) is 16.5 Å². The van der Waals surface area contributed by atoms with Crippen LogP contribution in [0.25, 0.3) is 0 Å². The highest BCUT2D eigenvalue weighted by molar-refractivity contribution is 6.32. The second-order valence-corrected chi connectivity index (χ2v) is 6.89. The number of nitro benzene ring substituents is 2. The number of aryl methyl sites for hydroxylation is 2. The van der Waals surface area contributed by atoms with E-state index in [2.05, 4.69) is 4.99 Å². The molecule has 0 atom stereocenters. The summed E-state index contributed by atoms with van der Waals surface area (Å²) >= 11 is 6.26. The summed E-state index contributed by atoms with van der Waals surface area (Å²) in [5.41, 5.74) is 2.90. The highest BCUT2D eigenvalue weighted by Gasteiger charge is 2.21. The molecular weight excluding hydrogens is 410 g/mol. The van der Waals surface area contributed by atoms with Crippen LogP contribution >= 0.6 is 11.6 Å². The third kappa shape index (κ3) is 4.79. The first-order valence-electron chi connectivity index (χ1n) is 8.76. The molecule has 0 saturated heterocycles. The van der Waals surface area contributed by atoms with Crippen molar-refractivity contribution >= 4 is 34.9 Å². The summed E-state index contributed by atoms with van der Waals surface area (Å²) in [6.45, 7) is 4.03. The zero-order valence-corrected chi connectivity index (χ0v) is 16.8. The molecule has 0 radical (unpaired) electrons. The minimum Gasteiger partial charge on any atom is -0.449 e. The molecule has 0 saturated carbocycles. The van der Waals surface area contributed by atoms with E-state index in [0.717, 1.165) is 23.4 Å². The second kappa shape index (κ2) is 8.71. The van der Waals surface area contributed by atoms with Gasteiger partial charge in [-0.1, -0.05) is 17.7 Å². The van der Waals surface area contributed by atoms with Crippen molar-refractivity contribution in [3.63, 3.8) is 0 Å². The van der Waals surface area contributed by atoms with Crippen molar-refractivity contribution in [3.8, 4) is 11.5 Å². The molecule has 3 aromatic rings. The molecule has 8 nitrogen and oxygen atoms in total. The van der Waals surface area contributed by atoms with Crippen molar-refractivity contribution in [3.05, 3.63) is 96.5 Å². The van der Waals surface area contributed by atoms with Crippen molar-refractivity contribution < 1.29 is 14.6 Å². The number of ether oxygens (including phenoxy) is 1. The fourth-order valence-corrected chi connectivity index (χ4v) is 2.83. The molecule has 0 aliphatic heterocycles. The van der Waals surface area contributed by atoms with Gasteiger partial charge in [0.2, 0.25) is 5.75 Å². The van der Waals surface area contributed by atoms with Gasteiger partial charge in [0.15, 0.2) is 0 Å². The molecule has 0 amide bonds. The first kappa shape index (κ1) is 20.9. The van der Waals surface area contributed by atoms with E-state index >= 15 is 0 Å². The highest BCUT2D eigenvalue weighted by atomic mass is 35.5. The Balaban J connectivity index is 1.84. The predicted molar refractivity (Wildman–Crippen MR) is 114 cm³/mol. The Hall–Kier alpha value is -3.78. The van der Waals surface area contributed by atoms with Crippen LogP contribution in [0.3, 0.4) is 0 Å². The Morgan fingerprint density at radius 2 is 1.63 bits per heavy atom. The van der Waals surface area contributed by atoms with Gasteiger partial charge in [-0.2, -0.15) is 0 Å². The highest BCUT2D eigenvalue weighted by Crippen LogP contribution is 2.37. The van der Waals surface area contributed by atoms with E-state index in [4.69, 9.17) is 16.3 Å². The third-order valence-corrected chi connectivity index (χ3v) is 4.67. The molecule has 3 rings (SSSR count). The summed E-state index contributed by atoms with van der Waals surface area (Å²) in [6, 6.07) is 13.9. The fourth-order valence-electron chi connectivity index (χ4n) is 2.60. The molecule has 0 aliphatic rings.